The van der Waals surface area contributed by atoms with Crippen molar-refractivity contribution < 1.29 is 14.9 Å². The van der Waals surface area contributed by atoms with E-state index in [-0.39, 0.29) is 5.69 Å². The van der Waals surface area contributed by atoms with E-state index < -0.39 is 4.92 Å². The van der Waals surface area contributed by atoms with Crippen molar-refractivity contribution in [2.75, 3.05) is 13.1 Å². The van der Waals surface area contributed by atoms with Crippen molar-refractivity contribution in [3.05, 3.63) is 39.4 Å². The first-order chi connectivity index (χ1) is 8.99. The van der Waals surface area contributed by atoms with E-state index in [2.05, 4.69) is 9.98 Å². The van der Waals surface area contributed by atoms with Gasteiger partial charge in [-0.25, -0.2) is 0 Å². The Labute approximate surface area is 111 Å². The van der Waals surface area contributed by atoms with Gasteiger partial charge in [-0.1, -0.05) is 0 Å². The van der Waals surface area contributed by atoms with Gasteiger partial charge in [-0.3, -0.25) is 31.6 Å². The molecule has 7 nitrogen and oxygen atoms in total. The Hall–Kier alpha value is -2.44. The first-order valence-corrected chi connectivity index (χ1v) is 6.02. The predicted molar refractivity (Wildman–Crippen MR) is 72.7 cm³/mol. The predicted octanol–water partition coefficient (Wildman–Crippen LogP) is -2.79. The molecule has 0 saturated heterocycles. The smallest absolute Gasteiger partial charge is 0.273 e. The van der Waals surface area contributed by atoms with Crippen molar-refractivity contribution in [3.8, 4) is 0 Å². The molecule has 19 heavy (non-hydrogen) atoms. The highest BCUT2D eigenvalue weighted by atomic mass is 16.6. The molecule has 0 aromatic heterocycles. The highest BCUT2D eigenvalue weighted by molar-refractivity contribution is 5.99. The van der Waals surface area contributed by atoms with E-state index in [0.29, 0.717) is 35.9 Å². The summed E-state index contributed by atoms with van der Waals surface area (Å²) < 4.78 is 0. The van der Waals surface area contributed by atoms with Crippen LogP contribution in [0.5, 0.6) is 0 Å². The minimum atomic E-state index is -0.467. The average molecular weight is 265 g/mol. The number of hydrogen-bond acceptors (Lipinski definition) is 2. The molecule has 0 radical (unpaired) electrons. The van der Waals surface area contributed by atoms with Crippen molar-refractivity contribution in [1.29, 1.82) is 0 Å². The number of nitro groups is 1. The van der Waals surface area contributed by atoms with Crippen LogP contribution in [0.2, 0.25) is 0 Å². The highest BCUT2D eigenvalue weighted by Gasteiger charge is 2.17. The molecule has 1 aromatic rings. The fraction of sp³-hybridized carbons (Fsp3) is 0.333. The molecule has 0 amide bonds. The monoisotopic (exact) mass is 265 g/mol. The molecule has 0 unspecified atom stereocenters. The van der Waals surface area contributed by atoms with E-state index in [0.717, 1.165) is 0 Å². The van der Waals surface area contributed by atoms with Crippen molar-refractivity contribution in [2.45, 2.75) is 13.8 Å². The summed E-state index contributed by atoms with van der Waals surface area (Å²) in [5.41, 5.74) is 12.7. The lowest BCUT2D eigenvalue weighted by atomic mass is 10.1. The largest absolute Gasteiger partial charge is 0.287 e. The fourth-order valence-electron chi connectivity index (χ4n) is 1.61. The van der Waals surface area contributed by atoms with Crippen LogP contribution in [0.15, 0.2) is 18.2 Å². The molecule has 0 aliphatic carbocycles. The van der Waals surface area contributed by atoms with Crippen LogP contribution in [0.3, 0.4) is 0 Å². The van der Waals surface area contributed by atoms with Crippen LogP contribution in [0.4, 0.5) is 5.69 Å². The number of nitrogens with one attached hydrogen (secondary N) is 2. The second-order valence-electron chi connectivity index (χ2n) is 3.91. The second-order valence-corrected chi connectivity index (χ2v) is 3.91. The minimum Gasteiger partial charge on any atom is -0.287 e. The van der Waals surface area contributed by atoms with E-state index >= 15 is 0 Å². The third kappa shape index (κ3) is 3.77. The molecule has 7 heteroatoms. The molecular weight excluding hydrogens is 246 g/mol. The lowest BCUT2D eigenvalue weighted by molar-refractivity contribution is -0.452. The highest BCUT2D eigenvalue weighted by Crippen LogP contribution is 2.15. The third-order valence-electron chi connectivity index (χ3n) is 2.49. The maximum atomic E-state index is 10.9. The molecule has 0 aliphatic rings. The number of nitrogen functional groups attached to an aromatic ring is 2. The number of hydrogen-bond donors (Lipinski definition) is 4. The first-order valence-electron chi connectivity index (χ1n) is 6.02. The van der Waals surface area contributed by atoms with Crippen LogP contribution in [0.1, 0.15) is 25.0 Å². The van der Waals surface area contributed by atoms with Gasteiger partial charge >= 0.3 is 0 Å². The molecule has 102 valence electrons. The molecule has 0 aliphatic heterocycles. The van der Waals surface area contributed by atoms with E-state index in [1.807, 2.05) is 13.8 Å². The van der Waals surface area contributed by atoms with Gasteiger partial charge in [0.05, 0.1) is 29.1 Å². The maximum Gasteiger partial charge on any atom is 0.273 e. The fourth-order valence-corrected chi connectivity index (χ4v) is 1.61. The normalized spacial score (nSPS) is 12.5. The maximum absolute atomic E-state index is 10.9. The Morgan fingerprint density at radius 2 is 1.53 bits per heavy atom. The van der Waals surface area contributed by atoms with Crippen molar-refractivity contribution in [3.63, 3.8) is 0 Å². The quantitative estimate of drug-likeness (QED) is 0.199. The van der Waals surface area contributed by atoms with Crippen LogP contribution < -0.4 is 21.5 Å². The van der Waals surface area contributed by atoms with Crippen LogP contribution in [-0.4, -0.2) is 29.7 Å². The Morgan fingerprint density at radius 3 is 1.84 bits per heavy atom. The van der Waals surface area contributed by atoms with E-state index in [1.165, 1.54) is 12.1 Å². The molecular formula is C12H19N5O2+2. The topological polar surface area (TPSA) is 123 Å². The van der Waals surface area contributed by atoms with Crippen LogP contribution in [0.25, 0.3) is 0 Å². The van der Waals surface area contributed by atoms with Crippen LogP contribution in [-0.2, 0) is 0 Å². The van der Waals surface area contributed by atoms with Gasteiger partial charge in [0.15, 0.2) is 0 Å². The first kappa shape index (κ1) is 14.6. The molecule has 0 saturated carbocycles. The number of rotatable bonds is 5. The van der Waals surface area contributed by atoms with Gasteiger partial charge in [0.25, 0.3) is 17.4 Å². The van der Waals surface area contributed by atoms with Gasteiger partial charge < -0.3 is 0 Å². The van der Waals surface area contributed by atoms with Crippen molar-refractivity contribution in [2.24, 2.45) is 11.5 Å². The summed E-state index contributed by atoms with van der Waals surface area (Å²) in [5.74, 6) is 0.772. The molecule has 0 heterocycles. The molecule has 1 rings (SSSR count). The lowest BCUT2D eigenvalue weighted by Gasteiger charge is -2.00. The van der Waals surface area contributed by atoms with Crippen LogP contribution in [0, 0.1) is 10.1 Å². The summed E-state index contributed by atoms with van der Waals surface area (Å²) in [7, 11) is 0. The number of amidine groups is 2. The SMILES string of the molecule is CC[NH+]=C(N)c1cc(C(N)=[NH+]CC)cc([N+](=O)[O-])c1. The lowest BCUT2D eigenvalue weighted by Crippen LogP contribution is -2.75. The standard InChI is InChI=1S/C12H17N5O2/c1-3-15-11(13)8-5-9(12(14)16-4-2)7-10(6-8)17(18)19/h5-7H,3-4H2,1-2H3,(H2,13,15)(H2,14,16)/p+2. The minimum absolute atomic E-state index is 0.0470. The zero-order valence-corrected chi connectivity index (χ0v) is 11.1. The van der Waals surface area contributed by atoms with Gasteiger partial charge in [0.2, 0.25) is 0 Å². The van der Waals surface area contributed by atoms with Gasteiger partial charge in [0.1, 0.15) is 0 Å². The molecule has 0 fully saturated rings. The average Bonchev–Trinajstić information content (AvgIpc) is 2.38. The Morgan fingerprint density at radius 1 is 1.11 bits per heavy atom. The summed E-state index contributed by atoms with van der Waals surface area (Å²) in [6.45, 7) is 5.06. The third-order valence-corrected chi connectivity index (χ3v) is 2.49. The van der Waals surface area contributed by atoms with Gasteiger partial charge in [-0.05, 0) is 19.9 Å². The van der Waals surface area contributed by atoms with E-state index in [4.69, 9.17) is 11.5 Å². The second kappa shape index (κ2) is 6.48. The molecule has 6 N–H and O–H groups in total. The van der Waals surface area contributed by atoms with Crippen LogP contribution >= 0.6 is 0 Å². The Bertz CT molecular complexity index is 499. The summed E-state index contributed by atoms with van der Waals surface area (Å²) >= 11 is 0. The number of nitrogens with two attached hydrogens (primary N) is 2. The molecule has 0 atom stereocenters. The zero-order chi connectivity index (χ0) is 14.4. The number of nitro benzene ring substituents is 1. The van der Waals surface area contributed by atoms with Gasteiger partial charge in [0, 0.05) is 12.1 Å². The Kier molecular flexibility index (Phi) is 4.99. The zero-order valence-electron chi connectivity index (χ0n) is 11.1. The van der Waals surface area contributed by atoms with E-state index in [9.17, 15) is 10.1 Å². The summed E-state index contributed by atoms with van der Waals surface area (Å²) in [5, 5.41) is 10.9. The van der Waals surface area contributed by atoms with Crippen molar-refractivity contribution >= 4 is 17.4 Å². The summed E-state index contributed by atoms with van der Waals surface area (Å²) in [6, 6.07) is 4.55. The van der Waals surface area contributed by atoms with Gasteiger partial charge in [-0.2, -0.15) is 0 Å². The van der Waals surface area contributed by atoms with Gasteiger partial charge in [-0.15, -0.1) is 0 Å². The molecule has 0 spiro atoms. The summed E-state index contributed by atoms with van der Waals surface area (Å²) in [4.78, 5) is 16.3. The Balaban J connectivity index is 3.38. The van der Waals surface area contributed by atoms with E-state index in [1.54, 1.807) is 6.07 Å². The summed E-state index contributed by atoms with van der Waals surface area (Å²) in [6.07, 6.45) is 0. The number of non-ortho nitro benzene ring substituents is 1. The number of benzene rings is 1. The van der Waals surface area contributed by atoms with Crippen molar-refractivity contribution in [1.82, 2.24) is 0 Å². The molecule has 0 bridgehead atoms. The molecule has 1 aromatic carbocycles. The number of nitrogens with zero attached hydrogens (tertiary/aromatic N) is 1.